The Balaban J connectivity index is 1.99. The zero-order valence-electron chi connectivity index (χ0n) is 12.0. The summed E-state index contributed by atoms with van der Waals surface area (Å²) < 4.78 is 13.1. The average Bonchev–Trinajstić information content (AvgIpc) is 2.43. The number of aryl methyl sites for hydroxylation is 1. The highest BCUT2D eigenvalue weighted by molar-refractivity contribution is 5.99. The van der Waals surface area contributed by atoms with Gasteiger partial charge in [0.25, 0.3) is 0 Å². The van der Waals surface area contributed by atoms with Crippen molar-refractivity contribution in [1.29, 1.82) is 0 Å². The molecule has 4 N–H and O–H groups in total. The number of hydrogen-bond acceptors (Lipinski definition) is 2. The predicted octanol–water partition coefficient (Wildman–Crippen LogP) is 3.80. The van der Waals surface area contributed by atoms with E-state index in [0.717, 1.165) is 5.56 Å². The van der Waals surface area contributed by atoms with Crippen LogP contribution in [0.4, 0.5) is 20.6 Å². The highest BCUT2D eigenvalue weighted by Gasteiger charge is 2.05. The molecule has 0 fully saturated rings. The lowest BCUT2D eigenvalue weighted by atomic mass is 10.1. The first-order valence-electron chi connectivity index (χ1n) is 6.65. The van der Waals surface area contributed by atoms with Crippen LogP contribution in [0.25, 0.3) is 0 Å². The molecule has 0 saturated heterocycles. The summed E-state index contributed by atoms with van der Waals surface area (Å²) in [4.78, 5) is 11.9. The second-order valence-corrected chi connectivity index (χ2v) is 4.95. The van der Waals surface area contributed by atoms with Gasteiger partial charge in [0.15, 0.2) is 0 Å². The van der Waals surface area contributed by atoms with E-state index >= 15 is 0 Å². The Morgan fingerprint density at radius 2 is 1.67 bits per heavy atom. The number of amides is 2. The molecule has 5 heteroatoms. The lowest BCUT2D eigenvalue weighted by Crippen LogP contribution is -2.19. The number of anilines is 2. The van der Waals surface area contributed by atoms with E-state index in [0.29, 0.717) is 16.9 Å². The van der Waals surface area contributed by atoms with Gasteiger partial charge in [0.2, 0.25) is 0 Å². The SMILES string of the molecule is Cc1cc(NC(=O)Nc2ccc(C(C)N)cc2)ccc1F. The van der Waals surface area contributed by atoms with Crippen molar-refractivity contribution in [1.82, 2.24) is 0 Å². The van der Waals surface area contributed by atoms with Crippen molar-refractivity contribution < 1.29 is 9.18 Å². The summed E-state index contributed by atoms with van der Waals surface area (Å²) >= 11 is 0. The van der Waals surface area contributed by atoms with Crippen molar-refractivity contribution in [2.75, 3.05) is 10.6 Å². The van der Waals surface area contributed by atoms with E-state index in [1.54, 1.807) is 25.1 Å². The molecule has 0 aliphatic carbocycles. The van der Waals surface area contributed by atoms with Crippen LogP contribution in [-0.4, -0.2) is 6.03 Å². The van der Waals surface area contributed by atoms with Crippen molar-refractivity contribution >= 4 is 17.4 Å². The molecule has 0 radical (unpaired) electrons. The van der Waals surface area contributed by atoms with E-state index in [1.165, 1.54) is 12.1 Å². The standard InChI is InChI=1S/C16H18FN3O/c1-10-9-14(7-8-15(10)17)20-16(21)19-13-5-3-12(4-6-13)11(2)18/h3-9,11H,18H2,1-2H3,(H2,19,20,21). The number of rotatable bonds is 3. The molecule has 1 unspecified atom stereocenters. The number of halogens is 1. The number of hydrogen-bond donors (Lipinski definition) is 3. The number of nitrogens with two attached hydrogens (primary N) is 1. The van der Waals surface area contributed by atoms with Crippen LogP contribution < -0.4 is 16.4 Å². The molecule has 0 saturated carbocycles. The summed E-state index contributed by atoms with van der Waals surface area (Å²) in [6.45, 7) is 3.54. The van der Waals surface area contributed by atoms with Gasteiger partial charge in [0.1, 0.15) is 5.82 Å². The van der Waals surface area contributed by atoms with Gasteiger partial charge in [0, 0.05) is 17.4 Å². The van der Waals surface area contributed by atoms with Crippen LogP contribution >= 0.6 is 0 Å². The Bertz CT molecular complexity index is 638. The van der Waals surface area contributed by atoms with E-state index in [2.05, 4.69) is 10.6 Å². The van der Waals surface area contributed by atoms with Crippen LogP contribution in [0, 0.1) is 12.7 Å². The van der Waals surface area contributed by atoms with Crippen LogP contribution in [0.1, 0.15) is 24.1 Å². The normalized spacial score (nSPS) is 11.8. The van der Waals surface area contributed by atoms with E-state index in [1.807, 2.05) is 19.1 Å². The molecule has 110 valence electrons. The van der Waals surface area contributed by atoms with Crippen molar-refractivity contribution in [3.05, 3.63) is 59.4 Å². The zero-order valence-corrected chi connectivity index (χ0v) is 12.0. The molecule has 0 heterocycles. The van der Waals surface area contributed by atoms with E-state index in [4.69, 9.17) is 5.73 Å². The molecule has 0 spiro atoms. The maximum Gasteiger partial charge on any atom is 0.323 e. The fourth-order valence-corrected chi connectivity index (χ4v) is 1.89. The van der Waals surface area contributed by atoms with Crippen molar-refractivity contribution in [2.24, 2.45) is 5.73 Å². The van der Waals surface area contributed by atoms with Gasteiger partial charge in [-0.2, -0.15) is 0 Å². The molecule has 2 rings (SSSR count). The maximum atomic E-state index is 13.1. The van der Waals surface area contributed by atoms with E-state index in [9.17, 15) is 9.18 Å². The van der Waals surface area contributed by atoms with Gasteiger partial charge in [-0.25, -0.2) is 9.18 Å². The Kier molecular flexibility index (Phi) is 4.55. The first kappa shape index (κ1) is 15.0. The van der Waals surface area contributed by atoms with Crippen LogP contribution in [0.2, 0.25) is 0 Å². The Morgan fingerprint density at radius 3 is 2.24 bits per heavy atom. The second-order valence-electron chi connectivity index (χ2n) is 4.95. The molecule has 0 aliphatic rings. The van der Waals surface area contributed by atoms with Gasteiger partial charge < -0.3 is 16.4 Å². The minimum Gasteiger partial charge on any atom is -0.324 e. The third-order valence-electron chi connectivity index (χ3n) is 3.11. The lowest BCUT2D eigenvalue weighted by Gasteiger charge is -2.10. The van der Waals surface area contributed by atoms with Gasteiger partial charge in [-0.05, 0) is 55.3 Å². The Morgan fingerprint density at radius 1 is 1.10 bits per heavy atom. The first-order valence-corrected chi connectivity index (χ1v) is 6.65. The predicted molar refractivity (Wildman–Crippen MR) is 82.8 cm³/mol. The molecule has 4 nitrogen and oxygen atoms in total. The van der Waals surface area contributed by atoms with Crippen molar-refractivity contribution in [3.63, 3.8) is 0 Å². The van der Waals surface area contributed by atoms with Crippen LogP contribution in [0.15, 0.2) is 42.5 Å². The zero-order chi connectivity index (χ0) is 15.4. The summed E-state index contributed by atoms with van der Waals surface area (Å²) in [7, 11) is 0. The monoisotopic (exact) mass is 287 g/mol. The summed E-state index contributed by atoms with van der Waals surface area (Å²) in [5.74, 6) is -0.299. The van der Waals surface area contributed by atoms with E-state index < -0.39 is 0 Å². The third kappa shape index (κ3) is 4.03. The number of urea groups is 1. The van der Waals surface area contributed by atoms with Crippen molar-refractivity contribution in [3.8, 4) is 0 Å². The van der Waals surface area contributed by atoms with Gasteiger partial charge in [-0.3, -0.25) is 0 Å². The molecule has 2 aromatic rings. The fourth-order valence-electron chi connectivity index (χ4n) is 1.89. The topological polar surface area (TPSA) is 67.2 Å². The third-order valence-corrected chi connectivity index (χ3v) is 3.11. The number of benzene rings is 2. The molecule has 1 atom stereocenters. The molecule has 0 bridgehead atoms. The summed E-state index contributed by atoms with van der Waals surface area (Å²) in [5, 5.41) is 5.36. The Hall–Kier alpha value is -2.40. The summed E-state index contributed by atoms with van der Waals surface area (Å²) in [6, 6.07) is 11.3. The van der Waals surface area contributed by atoms with Crippen LogP contribution in [0.5, 0.6) is 0 Å². The molecule has 0 aliphatic heterocycles. The first-order chi connectivity index (χ1) is 9.95. The molecule has 0 aromatic heterocycles. The molecule has 2 aromatic carbocycles. The average molecular weight is 287 g/mol. The minimum absolute atomic E-state index is 0.0462. The Labute approximate surface area is 123 Å². The molecular formula is C16H18FN3O. The molecule has 2 amide bonds. The second kappa shape index (κ2) is 6.37. The summed E-state index contributed by atoms with van der Waals surface area (Å²) in [5.41, 5.74) is 8.44. The largest absolute Gasteiger partial charge is 0.324 e. The minimum atomic E-state index is -0.380. The van der Waals surface area contributed by atoms with Gasteiger partial charge >= 0.3 is 6.03 Å². The number of carbonyl (C=O) groups is 1. The highest BCUT2D eigenvalue weighted by atomic mass is 19.1. The summed E-state index contributed by atoms with van der Waals surface area (Å²) in [6.07, 6.45) is 0. The van der Waals surface area contributed by atoms with Crippen molar-refractivity contribution in [2.45, 2.75) is 19.9 Å². The van der Waals surface area contributed by atoms with Gasteiger partial charge in [-0.15, -0.1) is 0 Å². The van der Waals surface area contributed by atoms with Gasteiger partial charge in [0.05, 0.1) is 0 Å². The van der Waals surface area contributed by atoms with Crippen LogP contribution in [0.3, 0.4) is 0 Å². The molecule has 21 heavy (non-hydrogen) atoms. The molecular weight excluding hydrogens is 269 g/mol. The maximum absolute atomic E-state index is 13.1. The smallest absolute Gasteiger partial charge is 0.323 e. The number of carbonyl (C=O) groups excluding carboxylic acids is 1. The van der Waals surface area contributed by atoms with E-state index in [-0.39, 0.29) is 17.9 Å². The van der Waals surface area contributed by atoms with Gasteiger partial charge in [-0.1, -0.05) is 12.1 Å². The fraction of sp³-hybridized carbons (Fsp3) is 0.188. The van der Waals surface area contributed by atoms with Crippen LogP contribution in [-0.2, 0) is 0 Å². The quantitative estimate of drug-likeness (QED) is 0.803. The highest BCUT2D eigenvalue weighted by Crippen LogP contribution is 2.16. The number of nitrogens with one attached hydrogen (secondary N) is 2. The lowest BCUT2D eigenvalue weighted by molar-refractivity contribution is 0.262.